The first-order chi connectivity index (χ1) is 8.36. The summed E-state index contributed by atoms with van der Waals surface area (Å²) in [5.74, 6) is 0. The van der Waals surface area contributed by atoms with Crippen LogP contribution in [0.4, 0.5) is 0 Å². The number of allylic oxidation sites excluding steroid dienone is 10. The van der Waals surface area contributed by atoms with E-state index in [4.69, 9.17) is 7.85 Å². The van der Waals surface area contributed by atoms with Crippen LogP contribution in [-0.4, -0.2) is 7.85 Å². The predicted molar refractivity (Wildman–Crippen MR) is 84.7 cm³/mol. The lowest BCUT2D eigenvalue weighted by atomic mass is 9.86. The van der Waals surface area contributed by atoms with Crippen molar-refractivity contribution in [1.29, 1.82) is 0 Å². The van der Waals surface area contributed by atoms with Gasteiger partial charge in [-0.2, -0.15) is 0 Å². The predicted octanol–water partition coefficient (Wildman–Crippen LogP) is 5.03. The van der Waals surface area contributed by atoms with Gasteiger partial charge in [-0.1, -0.05) is 50.0 Å². The smallest absolute Gasteiger partial charge is 0.107 e. The number of hydrogen-bond donors (Lipinski definition) is 0. The van der Waals surface area contributed by atoms with Crippen LogP contribution < -0.4 is 0 Å². The van der Waals surface area contributed by atoms with Crippen LogP contribution in [-0.2, 0) is 0 Å². The minimum absolute atomic E-state index is 0.856. The van der Waals surface area contributed by atoms with Gasteiger partial charge in [-0.3, -0.25) is 0 Å². The average Bonchev–Trinajstić information content (AvgIpc) is 2.34. The second-order valence-corrected chi connectivity index (χ2v) is 4.45. The van der Waals surface area contributed by atoms with Crippen LogP contribution in [0.25, 0.3) is 0 Å². The van der Waals surface area contributed by atoms with E-state index < -0.39 is 0 Å². The van der Waals surface area contributed by atoms with Crippen LogP contribution in [0.15, 0.2) is 70.8 Å². The maximum atomic E-state index is 5.85. The van der Waals surface area contributed by atoms with Crippen LogP contribution >= 0.6 is 0 Å². The van der Waals surface area contributed by atoms with Crippen molar-refractivity contribution in [2.45, 2.75) is 34.6 Å². The van der Waals surface area contributed by atoms with Crippen molar-refractivity contribution in [3.05, 3.63) is 70.8 Å². The van der Waals surface area contributed by atoms with Crippen molar-refractivity contribution in [2.75, 3.05) is 0 Å². The summed E-state index contributed by atoms with van der Waals surface area (Å²) in [6, 6.07) is 0. The van der Waals surface area contributed by atoms with E-state index in [1.54, 1.807) is 6.08 Å². The zero-order valence-corrected chi connectivity index (χ0v) is 12.3. The summed E-state index contributed by atoms with van der Waals surface area (Å²) in [4.78, 5) is 0. The second kappa shape index (κ2) is 7.76. The average molecular weight is 238 g/mol. The normalized spacial score (nSPS) is 15.8. The SMILES string of the molecule is [B]/C(C)=C(C)/C(C)=C(C)/C(C=C)=C(C)/C=C\C=C. The molecule has 0 aromatic heterocycles. The molecule has 18 heavy (non-hydrogen) atoms. The molecule has 0 aliphatic rings. The topological polar surface area (TPSA) is 0 Å². The van der Waals surface area contributed by atoms with Crippen LogP contribution in [0, 0.1) is 0 Å². The minimum atomic E-state index is 0.856. The Morgan fingerprint density at radius 3 is 1.83 bits per heavy atom. The lowest BCUT2D eigenvalue weighted by molar-refractivity contribution is 1.21. The fraction of sp³-hybridized carbons (Fsp3) is 0.294. The van der Waals surface area contributed by atoms with Gasteiger partial charge in [-0.15, -0.1) is 5.47 Å². The van der Waals surface area contributed by atoms with Crippen LogP contribution in [0.2, 0.25) is 0 Å². The fourth-order valence-electron chi connectivity index (χ4n) is 1.69. The van der Waals surface area contributed by atoms with Crippen LogP contribution in [0.5, 0.6) is 0 Å². The number of rotatable bonds is 5. The molecule has 94 valence electrons. The summed E-state index contributed by atoms with van der Waals surface area (Å²) in [5.41, 5.74) is 6.71. The van der Waals surface area contributed by atoms with Gasteiger partial charge in [-0.05, 0) is 50.0 Å². The largest absolute Gasteiger partial charge is 0.118 e. The maximum Gasteiger partial charge on any atom is 0.107 e. The van der Waals surface area contributed by atoms with Gasteiger partial charge in [0.25, 0.3) is 0 Å². The molecular formula is C17H23B. The van der Waals surface area contributed by atoms with E-state index in [1.807, 2.05) is 32.1 Å². The molecule has 0 rings (SSSR count). The van der Waals surface area contributed by atoms with Gasteiger partial charge < -0.3 is 0 Å². The van der Waals surface area contributed by atoms with Gasteiger partial charge in [0.15, 0.2) is 0 Å². The number of hydrogen-bond acceptors (Lipinski definition) is 0. The van der Waals surface area contributed by atoms with Gasteiger partial charge >= 0.3 is 0 Å². The molecule has 0 saturated heterocycles. The Labute approximate surface area is 114 Å². The molecule has 0 saturated carbocycles. The highest BCUT2D eigenvalue weighted by Crippen LogP contribution is 2.25. The molecule has 0 aromatic rings. The van der Waals surface area contributed by atoms with Crippen LogP contribution in [0.3, 0.4) is 0 Å². The molecule has 0 aliphatic heterocycles. The fourth-order valence-corrected chi connectivity index (χ4v) is 1.69. The molecule has 0 spiro atoms. The van der Waals surface area contributed by atoms with Crippen molar-refractivity contribution >= 4 is 7.85 Å². The molecule has 0 atom stereocenters. The molecule has 0 aromatic carbocycles. The Hall–Kier alpha value is -1.50. The summed E-state index contributed by atoms with van der Waals surface area (Å²) in [6.45, 7) is 17.8. The molecule has 0 nitrogen and oxygen atoms in total. The summed E-state index contributed by atoms with van der Waals surface area (Å²) in [5, 5.41) is 0. The molecule has 0 fully saturated rings. The summed E-state index contributed by atoms with van der Waals surface area (Å²) in [6.07, 6.45) is 7.62. The zero-order chi connectivity index (χ0) is 14.3. The molecule has 1 heteroatoms. The van der Waals surface area contributed by atoms with E-state index >= 15 is 0 Å². The molecule has 0 aliphatic carbocycles. The molecule has 2 radical (unpaired) electrons. The second-order valence-electron chi connectivity index (χ2n) is 4.45. The molecule has 0 heterocycles. The summed E-state index contributed by atoms with van der Waals surface area (Å²) < 4.78 is 0. The molecule has 0 unspecified atom stereocenters. The van der Waals surface area contributed by atoms with Gasteiger partial charge in [0, 0.05) is 0 Å². The lowest BCUT2D eigenvalue weighted by Gasteiger charge is -2.13. The van der Waals surface area contributed by atoms with E-state index in [0.29, 0.717) is 0 Å². The molecule has 0 amide bonds. The molecular weight excluding hydrogens is 215 g/mol. The Balaban J connectivity index is 5.79. The van der Waals surface area contributed by atoms with Crippen molar-refractivity contribution in [1.82, 2.24) is 0 Å². The Morgan fingerprint density at radius 2 is 1.44 bits per heavy atom. The first kappa shape index (κ1) is 16.5. The summed E-state index contributed by atoms with van der Waals surface area (Å²) >= 11 is 0. The zero-order valence-electron chi connectivity index (χ0n) is 12.3. The van der Waals surface area contributed by atoms with Crippen molar-refractivity contribution in [2.24, 2.45) is 0 Å². The first-order valence-electron chi connectivity index (χ1n) is 6.10. The van der Waals surface area contributed by atoms with Gasteiger partial charge in [-0.25, -0.2) is 0 Å². The highest BCUT2D eigenvalue weighted by molar-refractivity contribution is 6.21. The lowest BCUT2D eigenvalue weighted by Crippen LogP contribution is -1.94. The van der Waals surface area contributed by atoms with Gasteiger partial charge in [0.2, 0.25) is 0 Å². The third-order valence-electron chi connectivity index (χ3n) is 3.23. The monoisotopic (exact) mass is 238 g/mol. The van der Waals surface area contributed by atoms with E-state index in [-0.39, 0.29) is 0 Å². The van der Waals surface area contributed by atoms with Crippen molar-refractivity contribution < 1.29 is 0 Å². The van der Waals surface area contributed by atoms with E-state index in [9.17, 15) is 0 Å². The third kappa shape index (κ3) is 4.41. The van der Waals surface area contributed by atoms with Crippen molar-refractivity contribution in [3.63, 3.8) is 0 Å². The van der Waals surface area contributed by atoms with Crippen LogP contribution in [0.1, 0.15) is 34.6 Å². The first-order valence-corrected chi connectivity index (χ1v) is 6.10. The van der Waals surface area contributed by atoms with E-state index in [0.717, 1.165) is 16.6 Å². The highest BCUT2D eigenvalue weighted by Gasteiger charge is 2.05. The van der Waals surface area contributed by atoms with Crippen molar-refractivity contribution in [3.8, 4) is 0 Å². The maximum absolute atomic E-state index is 5.85. The van der Waals surface area contributed by atoms with Gasteiger partial charge in [0.1, 0.15) is 7.85 Å². The Kier molecular flexibility index (Phi) is 7.11. The summed E-state index contributed by atoms with van der Waals surface area (Å²) in [7, 11) is 5.85. The Morgan fingerprint density at radius 1 is 0.889 bits per heavy atom. The Bertz CT molecular complexity index is 450. The van der Waals surface area contributed by atoms with E-state index in [1.165, 1.54) is 16.7 Å². The highest BCUT2D eigenvalue weighted by atomic mass is 14.1. The minimum Gasteiger partial charge on any atom is -0.118 e. The molecule has 0 bridgehead atoms. The molecule has 0 N–H and O–H groups in total. The standard InChI is InChI=1S/C17H23B/c1-8-10-11-12(3)17(9-2)15(6)13(4)14(5)16(7)18/h8-11H,1-2H2,3-7H3/b11-10-,15-13+,16-14+,17-12+. The third-order valence-corrected chi connectivity index (χ3v) is 3.23. The van der Waals surface area contributed by atoms with E-state index in [2.05, 4.69) is 33.9 Å². The van der Waals surface area contributed by atoms with Gasteiger partial charge in [0.05, 0.1) is 0 Å². The quantitative estimate of drug-likeness (QED) is 0.465.